The molecule has 9 heteroatoms. The molecule has 0 spiro atoms. The second-order valence-corrected chi connectivity index (χ2v) is 6.24. The highest BCUT2D eigenvalue weighted by Crippen LogP contribution is 2.27. The molecular formula is C18H20N4O5. The summed E-state index contributed by atoms with van der Waals surface area (Å²) < 4.78 is 11.0. The molecule has 0 saturated heterocycles. The maximum absolute atomic E-state index is 12.3. The molecular weight excluding hydrogens is 352 g/mol. The summed E-state index contributed by atoms with van der Waals surface area (Å²) in [6.07, 6.45) is 6.15. The van der Waals surface area contributed by atoms with Crippen molar-refractivity contribution in [3.8, 4) is 11.8 Å². The number of non-ortho nitro benzene ring substituents is 1. The molecule has 0 unspecified atom stereocenters. The van der Waals surface area contributed by atoms with Gasteiger partial charge in [0.2, 0.25) is 0 Å². The van der Waals surface area contributed by atoms with Gasteiger partial charge in [-0.3, -0.25) is 14.9 Å². The molecule has 1 aliphatic rings. The summed E-state index contributed by atoms with van der Waals surface area (Å²) in [5.74, 6) is 0.495. The quantitative estimate of drug-likeness (QED) is 0.611. The van der Waals surface area contributed by atoms with Crippen LogP contribution in [0.5, 0.6) is 11.8 Å². The molecule has 9 nitrogen and oxygen atoms in total. The Morgan fingerprint density at radius 2 is 1.74 bits per heavy atom. The van der Waals surface area contributed by atoms with E-state index >= 15 is 0 Å². The molecule has 1 saturated carbocycles. The predicted octanol–water partition coefficient (Wildman–Crippen LogP) is 2.51. The minimum absolute atomic E-state index is 0.0110. The van der Waals surface area contributed by atoms with Crippen LogP contribution in [0.3, 0.4) is 0 Å². The number of nitro benzene ring substituents is 1. The smallest absolute Gasteiger partial charge is 0.278 e. The second-order valence-electron chi connectivity index (χ2n) is 6.24. The van der Waals surface area contributed by atoms with Crippen LogP contribution in [-0.2, 0) is 0 Å². The first kappa shape index (κ1) is 18.6. The first-order valence-electron chi connectivity index (χ1n) is 8.64. The Hall–Kier alpha value is -3.23. The van der Waals surface area contributed by atoms with Gasteiger partial charge in [0, 0.05) is 36.1 Å². The van der Waals surface area contributed by atoms with Gasteiger partial charge in [-0.25, -0.2) is 9.97 Å². The summed E-state index contributed by atoms with van der Waals surface area (Å²) in [6.45, 7) is 0. The van der Waals surface area contributed by atoms with E-state index in [1.165, 1.54) is 37.6 Å². The summed E-state index contributed by atoms with van der Waals surface area (Å²) in [6, 6.07) is 5.61. The summed E-state index contributed by atoms with van der Waals surface area (Å²) in [7, 11) is 1.52. The van der Waals surface area contributed by atoms with E-state index in [2.05, 4.69) is 15.3 Å². The average Bonchev–Trinajstić information content (AvgIpc) is 2.70. The predicted molar refractivity (Wildman–Crippen MR) is 95.8 cm³/mol. The molecule has 142 valence electrons. The van der Waals surface area contributed by atoms with Crippen molar-refractivity contribution in [2.75, 3.05) is 7.11 Å². The number of nitro groups is 1. The fourth-order valence-corrected chi connectivity index (χ4v) is 3.02. The topological polar surface area (TPSA) is 116 Å². The zero-order valence-corrected chi connectivity index (χ0v) is 14.8. The Morgan fingerprint density at radius 1 is 1.11 bits per heavy atom. The SMILES string of the molecule is COc1nccnc1OC1CCC(NC(=O)c2ccc([N+](=O)[O-])cc2)CC1. The van der Waals surface area contributed by atoms with E-state index in [1.807, 2.05) is 0 Å². The minimum atomic E-state index is -0.491. The number of methoxy groups -OCH3 is 1. The van der Waals surface area contributed by atoms with E-state index in [4.69, 9.17) is 9.47 Å². The first-order valence-corrected chi connectivity index (χ1v) is 8.64. The highest BCUT2D eigenvalue weighted by atomic mass is 16.6. The van der Waals surface area contributed by atoms with Crippen molar-refractivity contribution in [3.63, 3.8) is 0 Å². The van der Waals surface area contributed by atoms with E-state index in [0.717, 1.165) is 25.7 Å². The number of benzene rings is 1. The molecule has 1 aromatic carbocycles. The molecule has 1 N–H and O–H groups in total. The standard InChI is InChI=1S/C18H20N4O5/c1-26-17-18(20-11-10-19-17)27-15-8-4-13(5-9-15)21-16(23)12-2-6-14(7-3-12)22(24)25/h2-3,6-7,10-11,13,15H,4-5,8-9H2,1H3,(H,21,23). The van der Waals surface area contributed by atoms with Crippen molar-refractivity contribution in [2.24, 2.45) is 0 Å². The van der Waals surface area contributed by atoms with Crippen LogP contribution in [0.15, 0.2) is 36.7 Å². The first-order chi connectivity index (χ1) is 13.1. The highest BCUT2D eigenvalue weighted by Gasteiger charge is 2.25. The average molecular weight is 372 g/mol. The number of rotatable bonds is 6. The molecule has 1 aliphatic carbocycles. The lowest BCUT2D eigenvalue weighted by Crippen LogP contribution is -2.39. The maximum Gasteiger partial charge on any atom is 0.278 e. The van der Waals surface area contributed by atoms with Crippen molar-refractivity contribution >= 4 is 11.6 Å². The molecule has 1 fully saturated rings. The van der Waals surface area contributed by atoms with E-state index in [0.29, 0.717) is 17.3 Å². The third kappa shape index (κ3) is 4.69. The van der Waals surface area contributed by atoms with Gasteiger partial charge in [-0.1, -0.05) is 0 Å². The summed E-state index contributed by atoms with van der Waals surface area (Å²) in [4.78, 5) is 30.7. The van der Waals surface area contributed by atoms with Crippen LogP contribution in [0.1, 0.15) is 36.0 Å². The Labute approximate surface area is 155 Å². The Morgan fingerprint density at radius 3 is 2.33 bits per heavy atom. The van der Waals surface area contributed by atoms with Crippen molar-refractivity contribution in [2.45, 2.75) is 37.8 Å². The molecule has 0 aliphatic heterocycles. The minimum Gasteiger partial charge on any atom is -0.477 e. The van der Waals surface area contributed by atoms with Gasteiger partial charge in [0.1, 0.15) is 6.10 Å². The van der Waals surface area contributed by atoms with Crippen molar-refractivity contribution in [1.29, 1.82) is 0 Å². The zero-order chi connectivity index (χ0) is 19.2. The number of amides is 1. The van der Waals surface area contributed by atoms with E-state index < -0.39 is 4.92 Å². The van der Waals surface area contributed by atoms with Crippen LogP contribution in [0.4, 0.5) is 5.69 Å². The van der Waals surface area contributed by atoms with Crippen molar-refractivity contribution < 1.29 is 19.2 Å². The summed E-state index contributed by atoms with van der Waals surface area (Å²) in [5.41, 5.74) is 0.368. The molecule has 0 bridgehead atoms. The third-order valence-electron chi connectivity index (χ3n) is 4.45. The molecule has 0 radical (unpaired) electrons. The molecule has 3 rings (SSSR count). The third-order valence-corrected chi connectivity index (χ3v) is 4.45. The molecule has 2 aromatic rings. The van der Waals surface area contributed by atoms with Gasteiger partial charge in [0.05, 0.1) is 12.0 Å². The monoisotopic (exact) mass is 372 g/mol. The molecule has 0 atom stereocenters. The normalized spacial score (nSPS) is 19.1. The summed E-state index contributed by atoms with van der Waals surface area (Å²) >= 11 is 0. The lowest BCUT2D eigenvalue weighted by molar-refractivity contribution is -0.384. The second kappa shape index (κ2) is 8.43. The van der Waals surface area contributed by atoms with Crippen LogP contribution in [0, 0.1) is 10.1 Å². The molecule has 1 amide bonds. The lowest BCUT2D eigenvalue weighted by Gasteiger charge is -2.29. The molecule has 1 heterocycles. The molecule has 1 aromatic heterocycles. The van der Waals surface area contributed by atoms with E-state index in [-0.39, 0.29) is 23.7 Å². The largest absolute Gasteiger partial charge is 0.477 e. The Kier molecular flexibility index (Phi) is 5.80. The number of nitrogens with zero attached hydrogens (tertiary/aromatic N) is 3. The van der Waals surface area contributed by atoms with Crippen LogP contribution >= 0.6 is 0 Å². The van der Waals surface area contributed by atoms with E-state index in [1.54, 1.807) is 6.20 Å². The number of hydrogen-bond acceptors (Lipinski definition) is 7. The maximum atomic E-state index is 12.3. The number of aromatic nitrogens is 2. The Bertz CT molecular complexity index is 804. The number of carbonyl (C=O) groups is 1. The molecule has 27 heavy (non-hydrogen) atoms. The lowest BCUT2D eigenvalue weighted by atomic mass is 9.92. The van der Waals surface area contributed by atoms with Gasteiger partial charge in [0.15, 0.2) is 0 Å². The van der Waals surface area contributed by atoms with Gasteiger partial charge >= 0.3 is 0 Å². The van der Waals surface area contributed by atoms with Crippen molar-refractivity contribution in [3.05, 3.63) is 52.3 Å². The number of nitrogens with one attached hydrogen (secondary N) is 1. The van der Waals surface area contributed by atoms with Crippen LogP contribution in [0.2, 0.25) is 0 Å². The highest BCUT2D eigenvalue weighted by molar-refractivity contribution is 5.94. The number of carbonyl (C=O) groups excluding carboxylic acids is 1. The fraction of sp³-hybridized carbons (Fsp3) is 0.389. The fourth-order valence-electron chi connectivity index (χ4n) is 3.02. The van der Waals surface area contributed by atoms with Crippen molar-refractivity contribution in [1.82, 2.24) is 15.3 Å². The summed E-state index contributed by atoms with van der Waals surface area (Å²) in [5, 5.41) is 13.7. The van der Waals surface area contributed by atoms with Crippen LogP contribution < -0.4 is 14.8 Å². The van der Waals surface area contributed by atoms with Gasteiger partial charge < -0.3 is 14.8 Å². The van der Waals surface area contributed by atoms with Gasteiger partial charge in [0.25, 0.3) is 23.4 Å². The zero-order valence-electron chi connectivity index (χ0n) is 14.8. The van der Waals surface area contributed by atoms with Gasteiger partial charge in [-0.2, -0.15) is 0 Å². The van der Waals surface area contributed by atoms with Gasteiger partial charge in [-0.05, 0) is 37.8 Å². The Balaban J connectivity index is 1.50. The van der Waals surface area contributed by atoms with Crippen LogP contribution in [0.25, 0.3) is 0 Å². The number of ether oxygens (including phenoxy) is 2. The van der Waals surface area contributed by atoms with Gasteiger partial charge in [-0.15, -0.1) is 0 Å². The van der Waals surface area contributed by atoms with Crippen LogP contribution in [-0.4, -0.2) is 40.1 Å². The number of hydrogen-bond donors (Lipinski definition) is 1. The van der Waals surface area contributed by atoms with E-state index in [9.17, 15) is 14.9 Å².